The quantitative estimate of drug-likeness (QED) is 0.227. The highest BCUT2D eigenvalue weighted by Gasteiger charge is 2.72. The Kier molecular flexibility index (Phi) is 5.58. The van der Waals surface area contributed by atoms with Gasteiger partial charge in [0.25, 0.3) is 5.69 Å². The molecule has 32 heavy (non-hydrogen) atoms. The average Bonchev–Trinajstić information content (AvgIpc) is 3.01. The molecule has 0 bridgehead atoms. The first-order valence-corrected chi connectivity index (χ1v) is 10.6. The van der Waals surface area contributed by atoms with Crippen molar-refractivity contribution in [2.45, 2.75) is 63.3 Å². The summed E-state index contributed by atoms with van der Waals surface area (Å²) in [6.45, 7) is 1.24. The van der Waals surface area contributed by atoms with Crippen LogP contribution >= 0.6 is 0 Å². The Hall–Kier alpha value is -3.14. The second-order valence-electron chi connectivity index (χ2n) is 8.77. The van der Waals surface area contributed by atoms with Crippen LogP contribution < -0.4 is 0 Å². The third kappa shape index (κ3) is 3.29. The van der Waals surface area contributed by atoms with Gasteiger partial charge in [-0.15, -0.1) is 0 Å². The number of ketones is 2. The Bertz CT molecular complexity index is 988. The number of benzene rings is 1. The summed E-state index contributed by atoms with van der Waals surface area (Å²) in [5.41, 5.74) is -1.50. The molecule has 2 aliphatic heterocycles. The first-order chi connectivity index (χ1) is 15.2. The topological polar surface area (TPSA) is 144 Å². The Morgan fingerprint density at radius 2 is 1.97 bits per heavy atom. The molecule has 170 valence electrons. The van der Waals surface area contributed by atoms with E-state index in [1.54, 1.807) is 0 Å². The number of non-ortho nitro benzene ring substituents is 1. The standard InChI is InChI=1S/C22H24N2O8/c1-12(25)19-17-10-18(27)22(23(17)20(19)28,14-3-2-4-16(26)9-14)21(29)32-11-13-5-7-15(8-6-13)24(30)31/h5-8,12,14,17,19,25H,2-4,9-11H2,1H3/t12-,14-,17-,19-,22+/m1/s1. The van der Waals surface area contributed by atoms with E-state index >= 15 is 0 Å². The Morgan fingerprint density at radius 1 is 1.28 bits per heavy atom. The molecule has 10 nitrogen and oxygen atoms in total. The summed E-state index contributed by atoms with van der Waals surface area (Å²) in [7, 11) is 0. The van der Waals surface area contributed by atoms with Crippen LogP contribution in [-0.2, 0) is 30.5 Å². The largest absolute Gasteiger partial charge is 0.459 e. The summed E-state index contributed by atoms with van der Waals surface area (Å²) in [5, 5.41) is 20.8. The predicted octanol–water partition coefficient (Wildman–Crippen LogP) is 1.32. The molecule has 1 aromatic rings. The molecule has 1 aliphatic carbocycles. The number of nitrogens with zero attached hydrogens (tertiary/aromatic N) is 2. The van der Waals surface area contributed by atoms with Gasteiger partial charge in [-0.2, -0.15) is 0 Å². The third-order valence-electron chi connectivity index (χ3n) is 6.89. The van der Waals surface area contributed by atoms with Gasteiger partial charge in [0.05, 0.1) is 23.0 Å². The van der Waals surface area contributed by atoms with Crippen molar-refractivity contribution < 1.29 is 33.9 Å². The van der Waals surface area contributed by atoms with E-state index < -0.39 is 52.1 Å². The minimum atomic E-state index is -1.87. The number of nitro groups is 1. The number of aliphatic hydroxyl groups is 1. The highest BCUT2D eigenvalue weighted by atomic mass is 16.6. The SMILES string of the molecule is C[C@@H](O)[C@H]1C(=O)N2[C@@H]1CC(=O)[C@]2(C(=O)OCc1ccc([N+](=O)[O-])cc1)[C@@H]1CCCC(=O)C1. The molecule has 2 saturated heterocycles. The zero-order chi connectivity index (χ0) is 23.2. The second-order valence-corrected chi connectivity index (χ2v) is 8.77. The van der Waals surface area contributed by atoms with E-state index in [9.17, 15) is 34.4 Å². The molecule has 0 radical (unpaired) electrons. The molecule has 4 rings (SSSR count). The van der Waals surface area contributed by atoms with Crippen LogP contribution in [0.2, 0.25) is 0 Å². The number of aliphatic hydroxyl groups excluding tert-OH is 1. The van der Waals surface area contributed by atoms with Gasteiger partial charge in [-0.05, 0) is 37.5 Å². The second kappa shape index (κ2) is 8.09. The van der Waals surface area contributed by atoms with Gasteiger partial charge in [-0.25, -0.2) is 4.79 Å². The maximum Gasteiger partial charge on any atom is 0.340 e. The number of hydrogen-bond acceptors (Lipinski definition) is 8. The van der Waals surface area contributed by atoms with Gasteiger partial charge in [0.2, 0.25) is 11.4 Å². The number of fused-ring (bicyclic) bond motifs is 1. The lowest BCUT2D eigenvalue weighted by molar-refractivity contribution is -0.384. The van der Waals surface area contributed by atoms with E-state index in [0.29, 0.717) is 24.8 Å². The molecule has 0 unspecified atom stereocenters. The zero-order valence-electron chi connectivity index (χ0n) is 17.6. The first kappa shape index (κ1) is 22.1. The summed E-state index contributed by atoms with van der Waals surface area (Å²) in [6.07, 6.45) is 0.288. The number of hydrogen-bond donors (Lipinski definition) is 1. The number of esters is 1. The molecule has 0 aromatic heterocycles. The third-order valence-corrected chi connectivity index (χ3v) is 6.89. The van der Waals surface area contributed by atoms with Gasteiger partial charge in [0.15, 0.2) is 5.78 Å². The zero-order valence-corrected chi connectivity index (χ0v) is 17.6. The number of carbonyl (C=O) groups excluding carboxylic acids is 4. The molecule has 0 spiro atoms. The van der Waals surface area contributed by atoms with E-state index in [1.165, 1.54) is 36.1 Å². The predicted molar refractivity (Wildman–Crippen MR) is 108 cm³/mol. The molecule has 1 aromatic carbocycles. The normalized spacial score (nSPS) is 30.5. The van der Waals surface area contributed by atoms with Crippen molar-refractivity contribution in [1.29, 1.82) is 0 Å². The summed E-state index contributed by atoms with van der Waals surface area (Å²) < 4.78 is 5.47. The molecule has 3 aliphatic rings. The summed E-state index contributed by atoms with van der Waals surface area (Å²) in [5.74, 6) is -3.35. The van der Waals surface area contributed by atoms with Gasteiger partial charge in [-0.1, -0.05) is 0 Å². The van der Waals surface area contributed by atoms with Gasteiger partial charge >= 0.3 is 5.97 Å². The fourth-order valence-electron chi connectivity index (χ4n) is 5.39. The van der Waals surface area contributed by atoms with Crippen LogP contribution in [0.25, 0.3) is 0 Å². The summed E-state index contributed by atoms with van der Waals surface area (Å²) in [4.78, 5) is 63.3. The van der Waals surface area contributed by atoms with Crippen LogP contribution in [0.3, 0.4) is 0 Å². The van der Waals surface area contributed by atoms with Gasteiger partial charge in [0.1, 0.15) is 12.4 Å². The minimum Gasteiger partial charge on any atom is -0.459 e. The first-order valence-electron chi connectivity index (χ1n) is 10.6. The van der Waals surface area contributed by atoms with E-state index in [4.69, 9.17) is 4.74 Å². The number of nitro benzene ring substituents is 1. The summed E-state index contributed by atoms with van der Waals surface area (Å²) in [6, 6.07) is 4.85. The fraction of sp³-hybridized carbons (Fsp3) is 0.545. The number of Topliss-reactive ketones (excluding diaryl/α,β-unsaturated/α-hetero) is 2. The van der Waals surface area contributed by atoms with Crippen molar-refractivity contribution in [1.82, 2.24) is 4.90 Å². The van der Waals surface area contributed by atoms with Crippen LogP contribution in [0.4, 0.5) is 5.69 Å². The number of rotatable bonds is 6. The number of β-lactam (4-membered cyclic amide) rings is 1. The van der Waals surface area contributed by atoms with Crippen molar-refractivity contribution in [2.24, 2.45) is 11.8 Å². The molecular weight excluding hydrogens is 420 g/mol. The minimum absolute atomic E-state index is 0.00815. The Balaban J connectivity index is 1.62. The monoisotopic (exact) mass is 444 g/mol. The lowest BCUT2D eigenvalue weighted by Gasteiger charge is -2.52. The van der Waals surface area contributed by atoms with Gasteiger partial charge < -0.3 is 14.7 Å². The van der Waals surface area contributed by atoms with Crippen molar-refractivity contribution >= 4 is 29.1 Å². The Morgan fingerprint density at radius 3 is 2.56 bits per heavy atom. The highest BCUT2D eigenvalue weighted by Crippen LogP contribution is 2.51. The van der Waals surface area contributed by atoms with E-state index in [-0.39, 0.29) is 30.9 Å². The maximum atomic E-state index is 13.4. The van der Waals surface area contributed by atoms with Crippen molar-refractivity contribution in [2.75, 3.05) is 0 Å². The van der Waals surface area contributed by atoms with Gasteiger partial charge in [-0.3, -0.25) is 24.5 Å². The van der Waals surface area contributed by atoms with Gasteiger partial charge in [0, 0.05) is 37.3 Å². The van der Waals surface area contributed by atoms with Crippen molar-refractivity contribution in [3.05, 3.63) is 39.9 Å². The highest BCUT2D eigenvalue weighted by molar-refractivity contribution is 6.16. The molecule has 1 amide bonds. The molecule has 1 saturated carbocycles. The molecular formula is C22H24N2O8. The number of carbonyl (C=O) groups is 4. The molecule has 2 heterocycles. The van der Waals surface area contributed by atoms with Crippen molar-refractivity contribution in [3.63, 3.8) is 0 Å². The Labute approximate surface area is 183 Å². The number of amides is 1. The fourth-order valence-corrected chi connectivity index (χ4v) is 5.39. The van der Waals surface area contributed by atoms with Crippen LogP contribution in [0.15, 0.2) is 24.3 Å². The lowest BCUT2D eigenvalue weighted by atomic mass is 9.71. The van der Waals surface area contributed by atoms with Crippen molar-refractivity contribution in [3.8, 4) is 0 Å². The lowest BCUT2D eigenvalue weighted by Crippen LogP contribution is -2.73. The van der Waals surface area contributed by atoms with E-state index in [0.717, 1.165) is 0 Å². The number of ether oxygens (including phenoxy) is 1. The van der Waals surface area contributed by atoms with E-state index in [1.807, 2.05) is 0 Å². The van der Waals surface area contributed by atoms with Crippen LogP contribution in [-0.4, -0.2) is 56.1 Å². The van der Waals surface area contributed by atoms with Crippen LogP contribution in [0, 0.1) is 22.0 Å². The molecule has 1 N–H and O–H groups in total. The molecule has 3 fully saturated rings. The van der Waals surface area contributed by atoms with Crippen LogP contribution in [0.1, 0.15) is 44.6 Å². The van der Waals surface area contributed by atoms with Crippen LogP contribution in [0.5, 0.6) is 0 Å². The summed E-state index contributed by atoms with van der Waals surface area (Å²) >= 11 is 0. The molecule has 5 atom stereocenters. The van der Waals surface area contributed by atoms with E-state index in [2.05, 4.69) is 0 Å². The average molecular weight is 444 g/mol. The maximum absolute atomic E-state index is 13.4. The molecule has 10 heteroatoms. The smallest absolute Gasteiger partial charge is 0.340 e.